The Morgan fingerprint density at radius 3 is 2.47 bits per heavy atom. The van der Waals surface area contributed by atoms with E-state index in [1.54, 1.807) is 0 Å². The van der Waals surface area contributed by atoms with Gasteiger partial charge in [-0.2, -0.15) is 0 Å². The third-order valence-corrected chi connectivity index (χ3v) is 2.11. The molecule has 0 atom stereocenters. The van der Waals surface area contributed by atoms with Crippen molar-refractivity contribution in [2.45, 2.75) is 0 Å². The van der Waals surface area contributed by atoms with Crippen molar-refractivity contribution in [1.82, 2.24) is 5.06 Å². The van der Waals surface area contributed by atoms with Gasteiger partial charge in [-0.05, 0) is 12.1 Å². The highest BCUT2D eigenvalue weighted by molar-refractivity contribution is 6.33. The zero-order valence-electron chi connectivity index (χ0n) is 8.05. The van der Waals surface area contributed by atoms with E-state index in [1.807, 2.05) is 0 Å². The monoisotopic (exact) mass is 235 g/mol. The summed E-state index contributed by atoms with van der Waals surface area (Å²) in [5.41, 5.74) is -0.153. The fourth-order valence-corrected chi connectivity index (χ4v) is 1.17. The highest BCUT2D eigenvalue weighted by Gasteiger charge is 2.18. The first-order valence-electron chi connectivity index (χ1n) is 3.94. The predicted octanol–water partition coefficient (Wildman–Crippen LogP) is 2.25. The molecule has 0 aliphatic carbocycles. The van der Waals surface area contributed by atoms with E-state index in [2.05, 4.69) is 4.84 Å². The molecule has 15 heavy (non-hydrogen) atoms. The van der Waals surface area contributed by atoms with E-state index in [4.69, 9.17) is 11.6 Å². The molecule has 1 rings (SSSR count). The second-order valence-electron chi connectivity index (χ2n) is 2.73. The molecule has 1 amide bonds. The predicted molar refractivity (Wildman–Crippen MR) is 50.5 cm³/mol. The van der Waals surface area contributed by atoms with Crippen LogP contribution in [0.3, 0.4) is 0 Å². The van der Waals surface area contributed by atoms with Gasteiger partial charge in [0.15, 0.2) is 11.6 Å². The van der Waals surface area contributed by atoms with E-state index in [-0.39, 0.29) is 10.6 Å². The van der Waals surface area contributed by atoms with E-state index in [0.717, 1.165) is 17.2 Å². The van der Waals surface area contributed by atoms with Gasteiger partial charge >= 0.3 is 0 Å². The Morgan fingerprint density at radius 1 is 1.40 bits per heavy atom. The highest BCUT2D eigenvalue weighted by Crippen LogP contribution is 2.21. The second kappa shape index (κ2) is 4.55. The summed E-state index contributed by atoms with van der Waals surface area (Å²) in [6, 6.07) is 1.48. The normalized spacial score (nSPS) is 10.2. The molecular weight excluding hydrogens is 228 g/mol. The van der Waals surface area contributed by atoms with Gasteiger partial charge in [0.05, 0.1) is 17.7 Å². The largest absolute Gasteiger partial charge is 0.278 e. The van der Waals surface area contributed by atoms with Crippen molar-refractivity contribution in [2.24, 2.45) is 0 Å². The van der Waals surface area contributed by atoms with Crippen molar-refractivity contribution in [1.29, 1.82) is 0 Å². The number of carbonyl (C=O) groups is 1. The van der Waals surface area contributed by atoms with Crippen molar-refractivity contribution < 1.29 is 18.4 Å². The van der Waals surface area contributed by atoms with Crippen molar-refractivity contribution in [3.63, 3.8) is 0 Å². The molecule has 0 bridgehead atoms. The maximum Gasteiger partial charge on any atom is 0.278 e. The van der Waals surface area contributed by atoms with Crippen LogP contribution in [0.2, 0.25) is 5.02 Å². The van der Waals surface area contributed by atoms with E-state index in [1.165, 1.54) is 14.2 Å². The Hall–Kier alpha value is -1.20. The standard InChI is InChI=1S/C9H8ClF2NO2/c1-13(15-2)9(14)5-3-7(11)8(12)4-6(5)10/h3-4H,1-2H3. The molecule has 0 saturated heterocycles. The van der Waals surface area contributed by atoms with Crippen molar-refractivity contribution in [3.05, 3.63) is 34.4 Å². The third-order valence-electron chi connectivity index (χ3n) is 1.80. The molecule has 0 aliphatic heterocycles. The highest BCUT2D eigenvalue weighted by atomic mass is 35.5. The quantitative estimate of drug-likeness (QED) is 0.581. The number of hydroxylamine groups is 2. The first-order valence-corrected chi connectivity index (χ1v) is 4.32. The van der Waals surface area contributed by atoms with Gasteiger partial charge in [0.25, 0.3) is 5.91 Å². The smallest absolute Gasteiger partial charge is 0.274 e. The lowest BCUT2D eigenvalue weighted by molar-refractivity contribution is -0.0757. The zero-order chi connectivity index (χ0) is 11.6. The van der Waals surface area contributed by atoms with Gasteiger partial charge in [0.2, 0.25) is 0 Å². The minimum atomic E-state index is -1.13. The van der Waals surface area contributed by atoms with E-state index in [0.29, 0.717) is 0 Å². The first-order chi connectivity index (χ1) is 6.97. The molecule has 0 saturated carbocycles. The van der Waals surface area contributed by atoms with Gasteiger partial charge in [0.1, 0.15) is 0 Å². The molecule has 0 unspecified atom stereocenters. The van der Waals surface area contributed by atoms with Crippen LogP contribution >= 0.6 is 11.6 Å². The molecule has 0 N–H and O–H groups in total. The number of rotatable bonds is 2. The van der Waals surface area contributed by atoms with Crippen molar-refractivity contribution in [3.8, 4) is 0 Å². The average molecular weight is 236 g/mol. The lowest BCUT2D eigenvalue weighted by Gasteiger charge is -2.14. The molecule has 82 valence electrons. The van der Waals surface area contributed by atoms with Gasteiger partial charge in [-0.1, -0.05) is 11.6 Å². The van der Waals surface area contributed by atoms with Crippen LogP contribution in [-0.2, 0) is 4.84 Å². The molecule has 0 aliphatic rings. The first kappa shape index (κ1) is 11.9. The van der Waals surface area contributed by atoms with Gasteiger partial charge < -0.3 is 0 Å². The summed E-state index contributed by atoms with van der Waals surface area (Å²) in [5.74, 6) is -2.88. The zero-order valence-corrected chi connectivity index (χ0v) is 8.81. The van der Waals surface area contributed by atoms with E-state index in [9.17, 15) is 13.6 Å². The number of hydrogen-bond acceptors (Lipinski definition) is 2. The molecular formula is C9H8ClF2NO2. The number of carbonyl (C=O) groups excluding carboxylic acids is 1. The summed E-state index contributed by atoms with van der Waals surface area (Å²) < 4.78 is 25.5. The third kappa shape index (κ3) is 2.43. The van der Waals surface area contributed by atoms with Crippen LogP contribution in [0.15, 0.2) is 12.1 Å². The summed E-state index contributed by atoms with van der Waals surface area (Å²) in [7, 11) is 2.60. The van der Waals surface area contributed by atoms with Crippen molar-refractivity contribution in [2.75, 3.05) is 14.2 Å². The Labute approximate surface area is 90.1 Å². The number of nitrogens with zero attached hydrogens (tertiary/aromatic N) is 1. The average Bonchev–Trinajstić information content (AvgIpc) is 2.21. The molecule has 0 radical (unpaired) electrons. The lowest BCUT2D eigenvalue weighted by atomic mass is 10.2. The van der Waals surface area contributed by atoms with Crippen LogP contribution in [0.5, 0.6) is 0 Å². The van der Waals surface area contributed by atoms with E-state index < -0.39 is 17.5 Å². The number of benzene rings is 1. The Morgan fingerprint density at radius 2 is 1.93 bits per heavy atom. The van der Waals surface area contributed by atoms with Gasteiger partial charge in [-0.15, -0.1) is 0 Å². The topological polar surface area (TPSA) is 29.5 Å². The molecule has 0 aromatic heterocycles. The second-order valence-corrected chi connectivity index (χ2v) is 3.14. The van der Waals surface area contributed by atoms with Crippen LogP contribution in [-0.4, -0.2) is 25.1 Å². The van der Waals surface area contributed by atoms with Crippen LogP contribution in [0.4, 0.5) is 8.78 Å². The fraction of sp³-hybridized carbons (Fsp3) is 0.222. The van der Waals surface area contributed by atoms with Crippen molar-refractivity contribution >= 4 is 17.5 Å². The lowest BCUT2D eigenvalue weighted by Crippen LogP contribution is -2.25. The van der Waals surface area contributed by atoms with Gasteiger partial charge in [-0.25, -0.2) is 13.8 Å². The summed E-state index contributed by atoms with van der Waals surface area (Å²) >= 11 is 5.59. The summed E-state index contributed by atoms with van der Waals surface area (Å²) in [4.78, 5) is 16.1. The number of hydrogen-bond donors (Lipinski definition) is 0. The molecule has 3 nitrogen and oxygen atoms in total. The number of halogens is 3. The molecule has 1 aromatic carbocycles. The molecule has 0 spiro atoms. The van der Waals surface area contributed by atoms with Crippen LogP contribution < -0.4 is 0 Å². The Bertz CT molecular complexity index is 398. The summed E-state index contributed by atoms with van der Waals surface area (Å²) in [6.45, 7) is 0. The fourth-order valence-electron chi connectivity index (χ4n) is 0.939. The molecule has 6 heteroatoms. The maximum atomic E-state index is 12.8. The van der Waals surface area contributed by atoms with Gasteiger partial charge in [0, 0.05) is 7.05 Å². The SMILES string of the molecule is CON(C)C(=O)c1cc(F)c(F)cc1Cl. The minimum Gasteiger partial charge on any atom is -0.274 e. The van der Waals surface area contributed by atoms with E-state index >= 15 is 0 Å². The number of amides is 1. The molecule has 0 heterocycles. The van der Waals surface area contributed by atoms with Crippen LogP contribution in [0, 0.1) is 11.6 Å². The summed E-state index contributed by atoms with van der Waals surface area (Å²) in [6.07, 6.45) is 0. The Balaban J connectivity index is 3.15. The van der Waals surface area contributed by atoms with Gasteiger partial charge in [-0.3, -0.25) is 9.63 Å². The summed E-state index contributed by atoms with van der Waals surface area (Å²) in [5, 5.41) is 0.696. The minimum absolute atomic E-state index is 0.153. The van der Waals surface area contributed by atoms with Crippen LogP contribution in [0.25, 0.3) is 0 Å². The molecule has 0 fully saturated rings. The van der Waals surface area contributed by atoms with Crippen LogP contribution in [0.1, 0.15) is 10.4 Å². The Kier molecular flexibility index (Phi) is 3.60. The molecule has 1 aromatic rings. The maximum absolute atomic E-state index is 12.8.